The largest absolute Gasteiger partial charge is 0.484 e. The summed E-state index contributed by atoms with van der Waals surface area (Å²) < 4.78 is 35.4. The number of halogens is 2. The van der Waals surface area contributed by atoms with Crippen LogP contribution in [-0.4, -0.2) is 21.7 Å². The van der Waals surface area contributed by atoms with Gasteiger partial charge in [0.05, 0.1) is 23.4 Å². The molecule has 1 amide bonds. The molecule has 0 spiro atoms. The predicted molar refractivity (Wildman–Crippen MR) is 126 cm³/mol. The maximum atomic E-state index is 14.0. The molecule has 4 aromatic rings. The molecule has 1 saturated carbocycles. The fourth-order valence-corrected chi connectivity index (χ4v) is 4.03. The Balaban J connectivity index is 1.43. The lowest BCUT2D eigenvalue weighted by Crippen LogP contribution is -2.42. The molecule has 1 aliphatic carbocycles. The molecule has 1 heterocycles. The minimum absolute atomic E-state index is 0.0129. The van der Waals surface area contributed by atoms with E-state index in [1.54, 1.807) is 35.1 Å². The van der Waals surface area contributed by atoms with Crippen LogP contribution in [0.4, 0.5) is 8.78 Å². The molecule has 7 heteroatoms. The average molecular weight is 462 g/mol. The van der Waals surface area contributed by atoms with Crippen molar-refractivity contribution in [3.8, 4) is 11.4 Å². The molecule has 2 atom stereocenters. The van der Waals surface area contributed by atoms with Crippen LogP contribution in [0.5, 0.6) is 5.75 Å². The van der Waals surface area contributed by atoms with Crippen molar-refractivity contribution in [2.75, 3.05) is 0 Å². The zero-order valence-electron chi connectivity index (χ0n) is 19.0. The number of hydrogen-bond acceptors (Lipinski definition) is 3. The topological polar surface area (TPSA) is 56.1 Å². The zero-order valence-corrected chi connectivity index (χ0v) is 19.0. The number of fused-ring (bicyclic) bond motifs is 1. The van der Waals surface area contributed by atoms with E-state index >= 15 is 0 Å². The van der Waals surface area contributed by atoms with E-state index in [0.717, 1.165) is 29.4 Å². The molecule has 0 saturated heterocycles. The van der Waals surface area contributed by atoms with Gasteiger partial charge in [-0.3, -0.25) is 4.79 Å². The first-order valence-corrected chi connectivity index (χ1v) is 11.3. The van der Waals surface area contributed by atoms with E-state index in [1.165, 1.54) is 24.3 Å². The summed E-state index contributed by atoms with van der Waals surface area (Å²) in [6.07, 6.45) is 2.85. The van der Waals surface area contributed by atoms with Crippen LogP contribution in [0.25, 0.3) is 16.6 Å². The van der Waals surface area contributed by atoms with E-state index in [2.05, 4.69) is 10.4 Å². The minimum Gasteiger partial charge on any atom is -0.484 e. The lowest BCUT2D eigenvalue weighted by atomic mass is 10.0. The molecule has 0 bridgehead atoms. The SMILES string of the molecule is C[C@H](NC(=O)C1(C)CC1)[C@H](Oc1ccc2c(cnn2-c2ccc(F)cc2)c1)c1cccc(F)c1. The summed E-state index contributed by atoms with van der Waals surface area (Å²) in [6.45, 7) is 3.81. The lowest BCUT2D eigenvalue weighted by Gasteiger charge is -2.27. The zero-order chi connectivity index (χ0) is 23.9. The average Bonchev–Trinajstić information content (AvgIpc) is 3.44. The second-order valence-corrected chi connectivity index (χ2v) is 9.17. The van der Waals surface area contributed by atoms with Gasteiger partial charge in [0.2, 0.25) is 5.91 Å². The fourth-order valence-electron chi connectivity index (χ4n) is 4.03. The number of carbonyl (C=O) groups is 1. The van der Waals surface area contributed by atoms with Gasteiger partial charge in [0.1, 0.15) is 23.5 Å². The van der Waals surface area contributed by atoms with Gasteiger partial charge in [0, 0.05) is 10.8 Å². The van der Waals surface area contributed by atoms with Crippen molar-refractivity contribution in [1.29, 1.82) is 0 Å². The standard InChI is InChI=1S/C27H25F2N3O2/c1-17(31-26(33)27(2)12-13-27)25(18-4-3-5-21(29)14-18)34-23-10-11-24-19(15-23)16-30-32(24)22-8-6-20(28)7-9-22/h3-11,14-17,25H,12-13H2,1-2H3,(H,31,33)/t17-,25-/m0/s1. The number of hydrogen-bond donors (Lipinski definition) is 1. The quantitative estimate of drug-likeness (QED) is 0.383. The van der Waals surface area contributed by atoms with E-state index in [0.29, 0.717) is 11.3 Å². The highest BCUT2D eigenvalue weighted by Gasteiger charge is 2.45. The lowest BCUT2D eigenvalue weighted by molar-refractivity contribution is -0.127. The van der Waals surface area contributed by atoms with Crippen LogP contribution in [0.15, 0.2) is 72.9 Å². The Kier molecular flexibility index (Phi) is 5.55. The third-order valence-corrected chi connectivity index (χ3v) is 6.41. The Labute approximate surface area is 196 Å². The van der Waals surface area contributed by atoms with Crippen molar-refractivity contribution in [3.05, 3.63) is 90.1 Å². The highest BCUT2D eigenvalue weighted by atomic mass is 19.1. The molecule has 0 unspecified atom stereocenters. The van der Waals surface area contributed by atoms with Gasteiger partial charge in [0.15, 0.2) is 0 Å². The van der Waals surface area contributed by atoms with Gasteiger partial charge < -0.3 is 10.1 Å². The number of nitrogens with one attached hydrogen (secondary N) is 1. The van der Waals surface area contributed by atoms with Gasteiger partial charge in [0.25, 0.3) is 0 Å². The third-order valence-electron chi connectivity index (χ3n) is 6.41. The van der Waals surface area contributed by atoms with Crippen molar-refractivity contribution < 1.29 is 18.3 Å². The number of rotatable bonds is 7. The summed E-state index contributed by atoms with van der Waals surface area (Å²) in [5.41, 5.74) is 1.89. The van der Waals surface area contributed by atoms with Crippen LogP contribution in [0, 0.1) is 17.0 Å². The van der Waals surface area contributed by atoms with E-state index in [9.17, 15) is 13.6 Å². The highest BCUT2D eigenvalue weighted by Crippen LogP contribution is 2.45. The first-order chi connectivity index (χ1) is 16.3. The maximum absolute atomic E-state index is 14.0. The third kappa shape index (κ3) is 4.38. The van der Waals surface area contributed by atoms with E-state index in [4.69, 9.17) is 4.74 Å². The first-order valence-electron chi connectivity index (χ1n) is 11.3. The molecule has 0 aliphatic heterocycles. The molecule has 1 aromatic heterocycles. The summed E-state index contributed by atoms with van der Waals surface area (Å²) in [6, 6.07) is 17.5. The molecule has 1 aliphatic rings. The monoisotopic (exact) mass is 461 g/mol. The molecule has 5 nitrogen and oxygen atoms in total. The smallest absolute Gasteiger partial charge is 0.226 e. The fraction of sp³-hybridized carbons (Fsp3) is 0.259. The predicted octanol–water partition coefficient (Wildman–Crippen LogP) is 5.73. The summed E-state index contributed by atoms with van der Waals surface area (Å²) in [5.74, 6) is -0.119. The molecule has 0 radical (unpaired) electrons. The number of carbonyl (C=O) groups excluding carboxylic acids is 1. The highest BCUT2D eigenvalue weighted by molar-refractivity contribution is 5.85. The molecule has 5 rings (SSSR count). The van der Waals surface area contributed by atoms with Crippen molar-refractivity contribution >= 4 is 16.8 Å². The van der Waals surface area contributed by atoms with E-state index in [-0.39, 0.29) is 29.0 Å². The van der Waals surface area contributed by atoms with Crippen LogP contribution in [-0.2, 0) is 4.79 Å². The Hall–Kier alpha value is -3.74. The number of aromatic nitrogens is 2. The Bertz CT molecular complexity index is 1350. The van der Waals surface area contributed by atoms with Crippen molar-refractivity contribution in [2.45, 2.75) is 38.8 Å². The van der Waals surface area contributed by atoms with Gasteiger partial charge in [-0.15, -0.1) is 0 Å². The molecule has 3 aromatic carbocycles. The number of amides is 1. The van der Waals surface area contributed by atoms with Gasteiger partial charge in [-0.05, 0) is 79.9 Å². The van der Waals surface area contributed by atoms with Gasteiger partial charge in [-0.1, -0.05) is 19.1 Å². The Morgan fingerprint density at radius 3 is 2.53 bits per heavy atom. The second-order valence-electron chi connectivity index (χ2n) is 9.17. The van der Waals surface area contributed by atoms with Gasteiger partial charge in [-0.25, -0.2) is 13.5 Å². The Morgan fingerprint density at radius 1 is 1.06 bits per heavy atom. The summed E-state index contributed by atoms with van der Waals surface area (Å²) in [4.78, 5) is 12.7. The van der Waals surface area contributed by atoms with E-state index < -0.39 is 6.10 Å². The second kappa shape index (κ2) is 8.56. The number of ether oxygens (including phenoxy) is 1. The summed E-state index contributed by atoms with van der Waals surface area (Å²) in [7, 11) is 0. The maximum Gasteiger partial charge on any atom is 0.226 e. The minimum atomic E-state index is -0.591. The van der Waals surface area contributed by atoms with Crippen LogP contribution in [0.2, 0.25) is 0 Å². The van der Waals surface area contributed by atoms with Gasteiger partial charge in [-0.2, -0.15) is 5.10 Å². The Morgan fingerprint density at radius 2 is 1.82 bits per heavy atom. The van der Waals surface area contributed by atoms with Crippen molar-refractivity contribution in [2.24, 2.45) is 5.41 Å². The molecule has 174 valence electrons. The van der Waals surface area contributed by atoms with Crippen LogP contribution >= 0.6 is 0 Å². The molecular weight excluding hydrogens is 436 g/mol. The van der Waals surface area contributed by atoms with Crippen molar-refractivity contribution in [1.82, 2.24) is 15.1 Å². The molecule has 34 heavy (non-hydrogen) atoms. The first kappa shape index (κ1) is 22.1. The molecule has 1 fully saturated rings. The van der Waals surface area contributed by atoms with Crippen LogP contribution < -0.4 is 10.1 Å². The van der Waals surface area contributed by atoms with Crippen molar-refractivity contribution in [3.63, 3.8) is 0 Å². The number of nitrogens with zero attached hydrogens (tertiary/aromatic N) is 2. The van der Waals surface area contributed by atoms with Crippen LogP contribution in [0.1, 0.15) is 38.4 Å². The summed E-state index contributed by atoms with van der Waals surface area (Å²) >= 11 is 0. The van der Waals surface area contributed by atoms with E-state index in [1.807, 2.05) is 32.0 Å². The molecule has 1 N–H and O–H groups in total. The van der Waals surface area contributed by atoms with Gasteiger partial charge >= 0.3 is 0 Å². The molecular formula is C27H25F2N3O2. The number of benzene rings is 3. The summed E-state index contributed by atoms with van der Waals surface area (Å²) in [5, 5.41) is 8.32. The van der Waals surface area contributed by atoms with Crippen LogP contribution in [0.3, 0.4) is 0 Å². The normalized spacial score (nSPS) is 16.1.